The van der Waals surface area contributed by atoms with E-state index in [9.17, 15) is 96.8 Å². The number of Topliss-reactive ketones (excluding diaryl/α,β-unsaturated/α-hetero) is 1. The maximum absolute atomic E-state index is 14.4. The Bertz CT molecular complexity index is 5330. The van der Waals surface area contributed by atoms with Crippen LogP contribution in [-0.2, 0) is 139 Å². The number of nitrogens with zero attached hydrogens (tertiary/aromatic N) is 4. The molecule has 0 saturated carbocycles. The molecule has 1 unspecified atom stereocenters. The second kappa shape index (κ2) is 55.9. The molecule has 3 aromatic heterocycles. The number of carbonyl (C=O) groups is 17. The topological polar surface area (TPSA) is 712 Å². The molecule has 19 N–H and O–H groups in total. The number of thioether (sulfide) groups is 2. The zero-order valence-electron chi connectivity index (χ0n) is 76.7. The first-order chi connectivity index (χ1) is 64.3. The number of aromatic nitrogens is 4. The first-order valence-electron chi connectivity index (χ1n) is 42.6. The molecular weight excluding hydrogens is 1820 g/mol. The third-order valence-corrected chi connectivity index (χ3v) is 24.1. The van der Waals surface area contributed by atoms with Crippen molar-refractivity contribution in [1.29, 1.82) is 0 Å². The number of primary amides is 1. The van der Waals surface area contributed by atoms with Crippen molar-refractivity contribution in [2.24, 2.45) is 11.7 Å². The number of allylic oxidation sites excluding steroid dienone is 4. The molecule has 736 valence electrons. The highest BCUT2D eigenvalue weighted by Gasteiger charge is 2.44. The van der Waals surface area contributed by atoms with Crippen molar-refractivity contribution >= 4 is 181 Å². The van der Waals surface area contributed by atoms with Crippen LogP contribution >= 0.6 is 23.5 Å². The lowest BCUT2D eigenvalue weighted by molar-refractivity contribution is -0.193. The molecule has 7 heterocycles. The molecule has 1 fully saturated rings. The number of imidazole rings is 1. The molecule has 0 radical (unpaired) electrons. The number of nitrogens with one attached hydrogen (secondary N) is 14. The molecule has 5 aromatic rings. The predicted octanol–water partition coefficient (Wildman–Crippen LogP) is -3.11. The number of hydrogen-bond donors (Lipinski definition) is 18. The number of aliphatic hydroxyl groups is 2. The Morgan fingerprint density at radius 2 is 1.03 bits per heavy atom. The van der Waals surface area contributed by atoms with Gasteiger partial charge in [0.05, 0.1) is 52.6 Å². The van der Waals surface area contributed by atoms with E-state index in [0.717, 1.165) is 54.7 Å². The van der Waals surface area contributed by atoms with Crippen LogP contribution < -0.4 is 74.9 Å². The van der Waals surface area contributed by atoms with Crippen LogP contribution in [0.4, 0.5) is 0 Å². The average Bonchev–Trinajstić information content (AvgIpc) is 1.58. The van der Waals surface area contributed by atoms with Crippen LogP contribution in [0.15, 0.2) is 83.3 Å². The van der Waals surface area contributed by atoms with Crippen LogP contribution in [0.1, 0.15) is 152 Å². The second-order valence-electron chi connectivity index (χ2n) is 31.8. The van der Waals surface area contributed by atoms with Gasteiger partial charge in [-0.2, -0.15) is 38.4 Å². The Morgan fingerprint density at radius 1 is 0.559 bits per heavy atom. The van der Waals surface area contributed by atoms with Crippen LogP contribution in [0.3, 0.4) is 0 Å². The Balaban J connectivity index is 0.000000512. The van der Waals surface area contributed by atoms with Crippen LogP contribution in [-0.4, -0.2) is 279 Å². The first-order valence-corrected chi connectivity index (χ1v) is 44.6. The van der Waals surface area contributed by atoms with E-state index in [1.165, 1.54) is 86.6 Å². The van der Waals surface area contributed by atoms with Crippen molar-refractivity contribution in [3.63, 3.8) is 0 Å². The smallest absolute Gasteiger partial charge is 0.373 e. The number of ketones is 1. The normalized spacial score (nSPS) is 24.5. The van der Waals surface area contributed by atoms with Crippen molar-refractivity contribution in [2.75, 3.05) is 18.1 Å². The van der Waals surface area contributed by atoms with Crippen LogP contribution in [0, 0.1) is 5.92 Å². The van der Waals surface area contributed by atoms with E-state index < -0.39 is 216 Å². The summed E-state index contributed by atoms with van der Waals surface area (Å²) in [6.45, 7) is 19.8. The number of carboxylic acids is 1. The maximum Gasteiger partial charge on any atom is 0.373 e. The number of amides is 15. The number of carboxylic acid groups (broad SMARTS) is 1. The number of nitrogens with two attached hydrogens (primary N) is 1. The van der Waals surface area contributed by atoms with Gasteiger partial charge in [-0.25, -0.2) is 4.98 Å². The molecule has 4 aliphatic heterocycles. The number of benzene rings is 2. The van der Waals surface area contributed by atoms with Crippen molar-refractivity contribution < 1.29 is 135 Å². The summed E-state index contributed by atoms with van der Waals surface area (Å²) in [5.74, 6) is -14.3. The summed E-state index contributed by atoms with van der Waals surface area (Å²) in [4.78, 5) is 301. The fourth-order valence-electron chi connectivity index (χ4n) is 14.5. The molecule has 49 heteroatoms. The fourth-order valence-corrected chi connectivity index (χ4v) is 16.9. The molecule has 0 spiro atoms. The van der Waals surface area contributed by atoms with E-state index >= 15 is 0 Å². The monoisotopic (exact) mass is 1940 g/mol. The summed E-state index contributed by atoms with van der Waals surface area (Å²) in [5.41, 5.74) is 9.53. The SMILES string of the molecule is C/C=C(\C)c1c2ccccc2c2n1CCCC[C@H](NC(C)=O)C(=O)N[C@@H](C)C(=O)N[C@@H](C)C(=O)C[C@@H](C)C(=O)N[C@@H](C)C(=O)N[C@@H](C)C(=O)N[C@H](C(=O)N[C@@H](Cc1cnc[nH]1)C(N)=O)CS2.C/C=C(\C)c1c2ccccc2c2n1C[C@@H]1NC(=O)[C@H](CCC(=O)O)NC(=O)[C@H](C)NC(=O)[C@@H]([C@H](C)O)NC(=O)[C@H](CS2)NC(=O)[C@@H]2CC(O)CN2C(=O)[C@H](C)NC1=O.O=C=O.O=C=O.O=C=O.O=C=O. The number of aromatic amines is 1. The molecule has 136 heavy (non-hydrogen) atoms. The van der Waals surface area contributed by atoms with Gasteiger partial charge in [-0.05, 0) is 113 Å². The number of carbonyl (C=O) groups excluding carboxylic acids is 24. The van der Waals surface area contributed by atoms with Gasteiger partial charge in [-0.3, -0.25) is 81.5 Å². The Morgan fingerprint density at radius 3 is 1.54 bits per heavy atom. The summed E-state index contributed by atoms with van der Waals surface area (Å²) in [6.07, 6.45) is 4.83. The van der Waals surface area contributed by atoms with E-state index in [-0.39, 0.29) is 74.9 Å². The van der Waals surface area contributed by atoms with E-state index in [1.54, 1.807) is 10.6 Å². The summed E-state index contributed by atoms with van der Waals surface area (Å²) < 4.78 is 3.88. The number of aliphatic hydroxyl groups excluding tert-OH is 2. The van der Waals surface area contributed by atoms with Crippen molar-refractivity contribution in [1.82, 2.24) is 93.1 Å². The highest BCUT2D eigenvalue weighted by atomic mass is 32.2. The lowest BCUT2D eigenvalue weighted by atomic mass is 9.99. The molecule has 2 aromatic carbocycles. The lowest BCUT2D eigenvalue weighted by Crippen LogP contribution is -2.61. The van der Waals surface area contributed by atoms with Gasteiger partial charge >= 0.3 is 30.6 Å². The summed E-state index contributed by atoms with van der Waals surface area (Å²) in [6, 6.07) is -2.90. The van der Waals surface area contributed by atoms with Crippen molar-refractivity contribution in [2.45, 2.75) is 261 Å². The highest BCUT2D eigenvalue weighted by molar-refractivity contribution is 7.99. The molecule has 17 atom stereocenters. The third-order valence-electron chi connectivity index (χ3n) is 21.7. The fraction of sp³-hybridized carbons (Fsp3) is 0.494. The third kappa shape index (κ3) is 33.3. The minimum Gasteiger partial charge on any atom is -0.481 e. The summed E-state index contributed by atoms with van der Waals surface area (Å²) >= 11 is 2.42. The van der Waals surface area contributed by atoms with Gasteiger partial charge < -0.3 is 109 Å². The van der Waals surface area contributed by atoms with E-state index in [4.69, 9.17) is 44.1 Å². The quantitative estimate of drug-likeness (QED) is 0.0588. The van der Waals surface area contributed by atoms with Gasteiger partial charge in [-0.15, -0.1) is 23.5 Å². The second-order valence-corrected chi connectivity index (χ2v) is 33.8. The molecule has 15 amide bonds. The lowest BCUT2D eigenvalue weighted by Gasteiger charge is -2.29. The molecule has 47 nitrogen and oxygen atoms in total. The molecular formula is C87H113N19O28S2. The van der Waals surface area contributed by atoms with E-state index in [2.05, 4.69) is 83.7 Å². The molecule has 4 aliphatic rings. The van der Waals surface area contributed by atoms with Gasteiger partial charge in [0.25, 0.3) is 0 Å². The zero-order valence-corrected chi connectivity index (χ0v) is 78.3. The number of rotatable bonds is 12. The number of H-pyrrole nitrogens is 1. The predicted molar refractivity (Wildman–Crippen MR) is 478 cm³/mol. The van der Waals surface area contributed by atoms with Gasteiger partial charge in [0.1, 0.15) is 78.5 Å². The minimum atomic E-state index is -1.65. The van der Waals surface area contributed by atoms with Crippen LogP contribution in [0.2, 0.25) is 0 Å². The van der Waals surface area contributed by atoms with E-state index in [1.807, 2.05) is 82.3 Å². The molecule has 0 aliphatic carbocycles. The Labute approximate surface area is 787 Å². The number of hydrogen-bond acceptors (Lipinski definition) is 30. The maximum atomic E-state index is 14.4. The first kappa shape index (κ1) is 114. The Hall–Kier alpha value is -14.5. The minimum absolute atomic E-state index is 0.00523. The van der Waals surface area contributed by atoms with E-state index in [0.29, 0.717) is 41.2 Å². The Kier molecular flexibility index (Phi) is 46.8. The van der Waals surface area contributed by atoms with Gasteiger partial charge in [0.2, 0.25) is 88.6 Å². The van der Waals surface area contributed by atoms with Crippen molar-refractivity contribution in [3.8, 4) is 0 Å². The molecule has 1 saturated heterocycles. The van der Waals surface area contributed by atoms with Gasteiger partial charge in [0.15, 0.2) is 5.78 Å². The number of aliphatic carboxylic acids is 1. The largest absolute Gasteiger partial charge is 0.481 e. The average molecular weight is 1940 g/mol. The van der Waals surface area contributed by atoms with Crippen molar-refractivity contribution in [3.05, 3.63) is 90.3 Å². The van der Waals surface area contributed by atoms with Gasteiger partial charge in [0, 0.05) is 96.6 Å². The van der Waals surface area contributed by atoms with Crippen LogP contribution in [0.25, 0.3) is 32.7 Å². The summed E-state index contributed by atoms with van der Waals surface area (Å²) in [5, 5.41) is 69.0. The summed E-state index contributed by atoms with van der Waals surface area (Å²) in [7, 11) is 0. The number of fused-ring (bicyclic) bond motifs is 8. The zero-order chi connectivity index (χ0) is 102. The van der Waals surface area contributed by atoms with Gasteiger partial charge in [-0.1, -0.05) is 67.6 Å². The van der Waals surface area contributed by atoms with Crippen LogP contribution in [0.5, 0.6) is 0 Å². The standard InChI is InChI=1S/C45H63N11O9S.C38H50N8O11S.4CO2/c1-9-23(2)37-31-14-10-11-15-32(31)45-56(37)17-13-12-16-33(53-29(8)57)43(64)52-27(6)40(61)49-25(4)36(58)18-24(3)39(60)50-26(5)41(62)51-28(7)42(63)55-35(21-66-45)44(65)54-34(38(46)59)19-30-20-47-22-48-30;1-6-17(2)30-22-9-7-8-10-23(22)38-46(30)15-25-33(53)40-19(4)37(57)45-14-21(48)13-27(45)35(55)43-26(16-58-38)34(54)44-29(20(5)47)36(56)39-18(3)31(51)41-24(32(52)42-25)11-12-28(49)50;4*2-1-3/h9-11,14-15,20,22,24-28,33-35H,12-13,16-19,21H2,1-8H3,(H2,46,59)(H,47,48)(H,49,61)(H,50,60)(H,51,62)(H,52,64)(H,53,57)(H,54,65)(H,55,63);6-10,18-21,24-27,29,47-48H,11-16H2,1-5H3,(H,39,56)(H,40,53)(H,41,51)(H,42,52)(H,43,55)(H,44,54)(H,49,50);;;;/b23-9+;17-6+;;;;/t24-,25+,26+,27+,28+,33+,34+,35+;18-,19-,20-,21?,24-,25-,26-,27-,29+;;;;/m10..../s1. The molecule has 9 rings (SSSR count). The molecule has 2 bridgehead atoms. The highest BCUT2D eigenvalue weighted by Crippen LogP contribution is 2.40.